The molecule has 0 aliphatic heterocycles. The zero-order chi connectivity index (χ0) is 38.8. The number of fused-ring (bicyclic) bond motifs is 3. The van der Waals surface area contributed by atoms with E-state index >= 15 is 0 Å². The highest BCUT2D eigenvalue weighted by molar-refractivity contribution is 7.71. The van der Waals surface area contributed by atoms with E-state index in [-0.39, 0.29) is 0 Å². The molecule has 54 heavy (non-hydrogen) atoms. The number of nitrogens with two attached hydrogens (primary N) is 1. The summed E-state index contributed by atoms with van der Waals surface area (Å²) in [5, 5.41) is 8.11. The first-order valence-electron chi connectivity index (χ1n) is 21.4. The summed E-state index contributed by atoms with van der Waals surface area (Å²) in [5.41, 5.74) is 8.51. The molecule has 0 spiro atoms. The highest BCUT2D eigenvalue weighted by Crippen LogP contribution is 2.44. The van der Waals surface area contributed by atoms with Gasteiger partial charge in [-0.2, -0.15) is 4.73 Å². The number of hydrogen-bond donors (Lipinski definition) is 3. The topological polar surface area (TPSA) is 141 Å². The van der Waals surface area contributed by atoms with Crippen LogP contribution in [0.25, 0.3) is 21.9 Å². The van der Waals surface area contributed by atoms with Crippen LogP contribution in [0.2, 0.25) is 0 Å². The maximum atomic E-state index is 13.5. The molecule has 0 unspecified atom stereocenters. The van der Waals surface area contributed by atoms with Gasteiger partial charge in [-0.05, 0) is 37.8 Å². The van der Waals surface area contributed by atoms with Gasteiger partial charge in [-0.25, -0.2) is 9.97 Å². The van der Waals surface area contributed by atoms with E-state index in [1.54, 1.807) is 0 Å². The van der Waals surface area contributed by atoms with Crippen molar-refractivity contribution >= 4 is 51.6 Å². The fourth-order valence-corrected chi connectivity index (χ4v) is 9.25. The van der Waals surface area contributed by atoms with Gasteiger partial charge in [0.05, 0.1) is 5.52 Å². The van der Waals surface area contributed by atoms with Crippen LogP contribution in [0, 0.1) is 0 Å². The molecule has 2 aromatic heterocycles. The predicted octanol–water partition coefficient (Wildman–Crippen LogP) is 9.74. The van der Waals surface area contributed by atoms with Crippen molar-refractivity contribution in [3.63, 3.8) is 0 Å². The molecule has 0 bridgehead atoms. The number of aromatic nitrogens is 3. The number of nitrogens with one attached hydrogen (secondary N) is 2. The van der Waals surface area contributed by atoms with Gasteiger partial charge in [0.1, 0.15) is 42.0 Å². The van der Waals surface area contributed by atoms with Crippen molar-refractivity contribution in [2.45, 2.75) is 156 Å². The molecule has 300 valence electrons. The molecule has 2 aromatic carbocycles. The van der Waals surface area contributed by atoms with Gasteiger partial charge in [-0.3, -0.25) is 9.59 Å². The van der Waals surface area contributed by atoms with Crippen molar-refractivity contribution in [1.29, 1.82) is 0 Å². The lowest BCUT2D eigenvalue weighted by Gasteiger charge is -2.16. The largest absolute Gasteiger partial charge is 0.412 e. The lowest BCUT2D eigenvalue weighted by molar-refractivity contribution is 0.109. The number of rotatable bonds is 30. The second kappa shape index (κ2) is 22.9. The van der Waals surface area contributed by atoms with E-state index in [0.717, 1.165) is 67.0 Å². The van der Waals surface area contributed by atoms with Gasteiger partial charge >= 0.3 is 0 Å². The molecule has 0 saturated carbocycles. The Morgan fingerprint density at radius 2 is 1.20 bits per heavy atom. The summed E-state index contributed by atoms with van der Waals surface area (Å²) in [7, 11) is -2.49. The van der Waals surface area contributed by atoms with Gasteiger partial charge in [-0.15, -0.1) is 0 Å². The van der Waals surface area contributed by atoms with Crippen LogP contribution in [-0.4, -0.2) is 46.7 Å². The second-order valence-electron chi connectivity index (χ2n) is 15.1. The van der Waals surface area contributed by atoms with Crippen LogP contribution >= 0.6 is 7.14 Å². The standard InChI is InChI=1S/C43H69N6O4P/c1-5-9-11-12-13-14-15-16-17-18-19-20-21-22-23-29-45-37-38(42(51)41(37)50)46-30-24-25-31-53-49-36(26-10-6-2)48-39-40(49)34-28-27-33(54(52,7-3)8-4)32-35(34)47-43(39)44/h27-28,32,45-46H,5-26,29-31H2,1-4H3,(H2,44,47). The molecule has 0 aliphatic rings. The SMILES string of the molecule is CCCCCCCCCCCCCCCCCNc1c(NCCCCOn2c(CCCC)nc3c(N)nc4cc(P(=O)(CC)CC)ccc4c32)c(=O)c1=O. The smallest absolute Gasteiger partial charge is 0.253 e. The van der Waals surface area contributed by atoms with Gasteiger partial charge in [0, 0.05) is 42.5 Å². The molecule has 0 atom stereocenters. The minimum Gasteiger partial charge on any atom is -0.412 e. The average Bonchev–Trinajstić information content (AvgIpc) is 3.56. The second-order valence-corrected chi connectivity index (χ2v) is 18.7. The molecule has 0 aliphatic carbocycles. The lowest BCUT2D eigenvalue weighted by Crippen LogP contribution is -2.37. The Kier molecular flexibility index (Phi) is 18.3. The molecule has 2 heterocycles. The van der Waals surface area contributed by atoms with E-state index in [4.69, 9.17) is 15.6 Å². The highest BCUT2D eigenvalue weighted by atomic mass is 31.2. The summed E-state index contributed by atoms with van der Waals surface area (Å²) in [6.45, 7) is 10.1. The number of nitrogen functional groups attached to an aromatic ring is 1. The quantitative estimate of drug-likeness (QED) is 0.0269. The zero-order valence-electron chi connectivity index (χ0n) is 33.9. The Bertz CT molecular complexity index is 1840. The molecule has 0 radical (unpaired) electrons. The van der Waals surface area contributed by atoms with Crippen molar-refractivity contribution in [3.05, 3.63) is 44.5 Å². The normalized spacial score (nSPS) is 12.0. The molecule has 4 N–H and O–H groups in total. The molecule has 4 rings (SSSR count). The Morgan fingerprint density at radius 1 is 0.685 bits per heavy atom. The third kappa shape index (κ3) is 11.8. The minimum atomic E-state index is -2.49. The monoisotopic (exact) mass is 765 g/mol. The molecule has 0 fully saturated rings. The number of pyridine rings is 1. The number of benzene rings is 1. The zero-order valence-corrected chi connectivity index (χ0v) is 34.8. The number of unbranched alkanes of at least 4 members (excludes halogenated alkanes) is 16. The molecule has 0 amide bonds. The summed E-state index contributed by atoms with van der Waals surface area (Å²) in [5.74, 6) is 1.13. The van der Waals surface area contributed by atoms with E-state index in [2.05, 4.69) is 29.5 Å². The van der Waals surface area contributed by atoms with E-state index < -0.39 is 18.0 Å². The maximum absolute atomic E-state index is 13.5. The molecule has 4 aromatic rings. The molecular weight excluding hydrogens is 695 g/mol. The number of aryl methyl sites for hydroxylation is 1. The van der Waals surface area contributed by atoms with E-state index in [9.17, 15) is 14.2 Å². The maximum Gasteiger partial charge on any atom is 0.253 e. The first-order chi connectivity index (χ1) is 26.3. The molecule has 0 saturated heterocycles. The average molecular weight is 765 g/mol. The third-order valence-corrected chi connectivity index (χ3v) is 14.2. The van der Waals surface area contributed by atoms with Crippen LogP contribution in [0.1, 0.15) is 156 Å². The third-order valence-electron chi connectivity index (χ3n) is 11.0. The Balaban J connectivity index is 1.19. The number of imidazole rings is 1. The number of anilines is 3. The first-order valence-corrected chi connectivity index (χ1v) is 23.5. The fraction of sp³-hybridized carbons (Fsp3) is 0.674. The van der Waals surface area contributed by atoms with Crippen LogP contribution in [0.4, 0.5) is 17.2 Å². The van der Waals surface area contributed by atoms with Gasteiger partial charge < -0.3 is 25.8 Å². The Morgan fingerprint density at radius 3 is 1.74 bits per heavy atom. The van der Waals surface area contributed by atoms with Crippen LogP contribution in [-0.2, 0) is 11.0 Å². The Hall–Kier alpha value is -3.39. The highest BCUT2D eigenvalue weighted by Gasteiger charge is 2.24. The Labute approximate surface area is 323 Å². The van der Waals surface area contributed by atoms with Gasteiger partial charge in [0.25, 0.3) is 10.9 Å². The van der Waals surface area contributed by atoms with Crippen molar-refractivity contribution in [2.75, 3.05) is 48.4 Å². The van der Waals surface area contributed by atoms with Crippen molar-refractivity contribution < 1.29 is 9.40 Å². The number of hydrogen-bond acceptors (Lipinski definition) is 9. The van der Waals surface area contributed by atoms with Crippen LogP contribution in [0.5, 0.6) is 0 Å². The molecule has 10 nitrogen and oxygen atoms in total. The molecule has 11 heteroatoms. The first kappa shape index (κ1) is 43.3. The molecular formula is C43H69N6O4P. The van der Waals surface area contributed by atoms with Crippen molar-refractivity contribution in [2.24, 2.45) is 0 Å². The summed E-state index contributed by atoms with van der Waals surface area (Å²) in [6.07, 6.45) is 25.1. The van der Waals surface area contributed by atoms with E-state index in [0.29, 0.717) is 60.2 Å². The summed E-state index contributed by atoms with van der Waals surface area (Å²) >= 11 is 0. The summed E-state index contributed by atoms with van der Waals surface area (Å²) in [4.78, 5) is 40.5. The number of nitrogens with zero attached hydrogens (tertiary/aromatic N) is 3. The van der Waals surface area contributed by atoms with E-state index in [1.807, 2.05) is 36.8 Å². The van der Waals surface area contributed by atoms with Crippen LogP contribution in [0.15, 0.2) is 27.8 Å². The summed E-state index contributed by atoms with van der Waals surface area (Å²) in [6, 6.07) is 5.84. The van der Waals surface area contributed by atoms with Gasteiger partial charge in [0.2, 0.25) is 0 Å². The van der Waals surface area contributed by atoms with Crippen LogP contribution < -0.4 is 37.4 Å². The van der Waals surface area contributed by atoms with Gasteiger partial charge in [-0.1, -0.05) is 130 Å². The minimum absolute atomic E-state index is 0.332. The fourth-order valence-electron chi connectivity index (χ4n) is 7.37. The van der Waals surface area contributed by atoms with E-state index in [1.165, 1.54) is 83.5 Å². The van der Waals surface area contributed by atoms with Crippen molar-refractivity contribution in [1.82, 2.24) is 14.7 Å². The van der Waals surface area contributed by atoms with Crippen molar-refractivity contribution in [3.8, 4) is 0 Å². The summed E-state index contributed by atoms with van der Waals surface area (Å²) < 4.78 is 15.3. The lowest BCUT2D eigenvalue weighted by atomic mass is 10.0. The van der Waals surface area contributed by atoms with Gasteiger partial charge in [0.15, 0.2) is 5.82 Å². The predicted molar refractivity (Wildman–Crippen MR) is 230 cm³/mol. The van der Waals surface area contributed by atoms with Crippen LogP contribution in [0.3, 0.4) is 0 Å².